The van der Waals surface area contributed by atoms with Crippen LogP contribution in [0.15, 0.2) is 12.1 Å². The standard InChI is InChI=1S/C16H24ClNO2/c1-4-16(2)5-7-18(8-6-16)11-12-9-13(17)15(19)14(10-12)20-3/h9-10,19H,4-8,11H2,1-3H3. The van der Waals surface area contributed by atoms with Crippen LogP contribution in [0.1, 0.15) is 38.7 Å². The van der Waals surface area contributed by atoms with E-state index in [1.807, 2.05) is 12.1 Å². The minimum atomic E-state index is 0.0233. The van der Waals surface area contributed by atoms with Crippen LogP contribution in [0.3, 0.4) is 0 Å². The van der Waals surface area contributed by atoms with Gasteiger partial charge in [0, 0.05) is 6.54 Å². The van der Waals surface area contributed by atoms with Gasteiger partial charge in [0.2, 0.25) is 0 Å². The number of likely N-dealkylation sites (tertiary alicyclic amines) is 1. The van der Waals surface area contributed by atoms with Gasteiger partial charge in [0.1, 0.15) is 0 Å². The largest absolute Gasteiger partial charge is 0.503 e. The van der Waals surface area contributed by atoms with E-state index in [9.17, 15) is 5.11 Å². The minimum absolute atomic E-state index is 0.0233. The molecular formula is C16H24ClNO2. The number of aromatic hydroxyl groups is 1. The van der Waals surface area contributed by atoms with Crippen molar-refractivity contribution in [2.45, 2.75) is 39.7 Å². The topological polar surface area (TPSA) is 32.7 Å². The molecule has 1 aliphatic rings. The molecule has 112 valence electrons. The van der Waals surface area contributed by atoms with Gasteiger partial charge in [0.15, 0.2) is 11.5 Å². The Balaban J connectivity index is 2.03. The average Bonchev–Trinajstić information content (AvgIpc) is 2.45. The van der Waals surface area contributed by atoms with Gasteiger partial charge in [0.25, 0.3) is 0 Å². The fourth-order valence-electron chi connectivity index (χ4n) is 2.74. The summed E-state index contributed by atoms with van der Waals surface area (Å²) in [7, 11) is 1.54. The fourth-order valence-corrected chi connectivity index (χ4v) is 2.97. The van der Waals surface area contributed by atoms with Crippen molar-refractivity contribution in [1.29, 1.82) is 0 Å². The molecule has 1 saturated heterocycles. The maximum atomic E-state index is 9.76. The van der Waals surface area contributed by atoms with Crippen LogP contribution < -0.4 is 4.74 Å². The molecule has 2 rings (SSSR count). The van der Waals surface area contributed by atoms with E-state index >= 15 is 0 Å². The van der Waals surface area contributed by atoms with E-state index in [-0.39, 0.29) is 5.75 Å². The monoisotopic (exact) mass is 297 g/mol. The highest BCUT2D eigenvalue weighted by Crippen LogP contribution is 2.37. The van der Waals surface area contributed by atoms with E-state index in [0.29, 0.717) is 16.2 Å². The Morgan fingerprint density at radius 2 is 2.00 bits per heavy atom. The number of nitrogens with zero attached hydrogens (tertiary/aromatic N) is 1. The third kappa shape index (κ3) is 3.39. The molecule has 0 bridgehead atoms. The molecule has 0 amide bonds. The van der Waals surface area contributed by atoms with Crippen LogP contribution >= 0.6 is 11.6 Å². The van der Waals surface area contributed by atoms with Gasteiger partial charge in [-0.05, 0) is 49.0 Å². The number of rotatable bonds is 4. The van der Waals surface area contributed by atoms with Crippen LogP contribution in [0.25, 0.3) is 0 Å². The fraction of sp³-hybridized carbons (Fsp3) is 0.625. The summed E-state index contributed by atoms with van der Waals surface area (Å²) in [5.74, 6) is 0.470. The first kappa shape index (κ1) is 15.5. The summed E-state index contributed by atoms with van der Waals surface area (Å²) < 4.78 is 5.15. The third-order valence-electron chi connectivity index (χ3n) is 4.63. The van der Waals surface area contributed by atoms with E-state index in [1.54, 1.807) is 7.11 Å². The van der Waals surface area contributed by atoms with Gasteiger partial charge in [-0.1, -0.05) is 31.9 Å². The molecule has 20 heavy (non-hydrogen) atoms. The van der Waals surface area contributed by atoms with Crippen LogP contribution in [-0.4, -0.2) is 30.2 Å². The first-order chi connectivity index (χ1) is 9.47. The van der Waals surface area contributed by atoms with Gasteiger partial charge >= 0.3 is 0 Å². The minimum Gasteiger partial charge on any atom is -0.503 e. The second-order valence-electron chi connectivity index (χ2n) is 6.07. The Hall–Kier alpha value is -0.930. The van der Waals surface area contributed by atoms with Gasteiger partial charge in [-0.25, -0.2) is 0 Å². The number of phenols is 1. The normalized spacial score (nSPS) is 19.0. The smallest absolute Gasteiger partial charge is 0.176 e. The van der Waals surface area contributed by atoms with Crippen molar-refractivity contribution in [3.63, 3.8) is 0 Å². The van der Waals surface area contributed by atoms with E-state index in [2.05, 4.69) is 18.7 Å². The molecule has 1 aromatic rings. The lowest BCUT2D eigenvalue weighted by atomic mass is 9.78. The van der Waals surface area contributed by atoms with Crippen LogP contribution in [-0.2, 0) is 6.54 Å². The van der Waals surface area contributed by atoms with Crippen molar-refractivity contribution < 1.29 is 9.84 Å². The maximum absolute atomic E-state index is 9.76. The number of phenolic OH excluding ortho intramolecular Hbond substituents is 1. The molecule has 3 nitrogen and oxygen atoms in total. The predicted molar refractivity (Wildman–Crippen MR) is 82.6 cm³/mol. The van der Waals surface area contributed by atoms with Crippen molar-refractivity contribution in [2.24, 2.45) is 5.41 Å². The third-order valence-corrected chi connectivity index (χ3v) is 4.92. The predicted octanol–water partition coefficient (Wildman–Crippen LogP) is 4.07. The molecule has 1 aromatic carbocycles. The molecule has 0 radical (unpaired) electrons. The molecule has 0 unspecified atom stereocenters. The zero-order chi connectivity index (χ0) is 14.8. The van der Waals surface area contributed by atoms with Crippen molar-refractivity contribution in [1.82, 2.24) is 4.90 Å². The number of piperidine rings is 1. The Morgan fingerprint density at radius 1 is 1.35 bits per heavy atom. The Labute approximate surface area is 126 Å². The number of ether oxygens (including phenoxy) is 1. The Bertz CT molecular complexity index is 468. The van der Waals surface area contributed by atoms with Gasteiger partial charge < -0.3 is 9.84 Å². The molecular weight excluding hydrogens is 274 g/mol. The summed E-state index contributed by atoms with van der Waals surface area (Å²) in [6.07, 6.45) is 3.73. The maximum Gasteiger partial charge on any atom is 0.176 e. The van der Waals surface area contributed by atoms with Crippen LogP contribution in [0.2, 0.25) is 5.02 Å². The van der Waals surface area contributed by atoms with Crippen molar-refractivity contribution in [2.75, 3.05) is 20.2 Å². The highest BCUT2D eigenvalue weighted by atomic mass is 35.5. The van der Waals surface area contributed by atoms with Gasteiger partial charge in [-0.3, -0.25) is 4.90 Å². The van der Waals surface area contributed by atoms with Crippen molar-refractivity contribution in [3.8, 4) is 11.5 Å². The first-order valence-electron chi connectivity index (χ1n) is 7.25. The van der Waals surface area contributed by atoms with E-state index in [4.69, 9.17) is 16.3 Å². The molecule has 1 heterocycles. The molecule has 0 saturated carbocycles. The van der Waals surface area contributed by atoms with E-state index < -0.39 is 0 Å². The lowest BCUT2D eigenvalue weighted by molar-refractivity contribution is 0.109. The lowest BCUT2D eigenvalue weighted by Gasteiger charge is -2.39. The van der Waals surface area contributed by atoms with Crippen molar-refractivity contribution >= 4 is 11.6 Å². The number of methoxy groups -OCH3 is 1. The first-order valence-corrected chi connectivity index (χ1v) is 7.63. The summed E-state index contributed by atoms with van der Waals surface area (Å²) in [6, 6.07) is 3.70. The lowest BCUT2D eigenvalue weighted by Crippen LogP contribution is -2.37. The quantitative estimate of drug-likeness (QED) is 0.909. The highest BCUT2D eigenvalue weighted by molar-refractivity contribution is 6.32. The molecule has 1 fully saturated rings. The molecule has 0 atom stereocenters. The Morgan fingerprint density at radius 3 is 2.55 bits per heavy atom. The number of hydrogen-bond donors (Lipinski definition) is 1. The second kappa shape index (κ2) is 6.23. The highest BCUT2D eigenvalue weighted by Gasteiger charge is 2.28. The summed E-state index contributed by atoms with van der Waals surface area (Å²) in [5.41, 5.74) is 1.59. The van der Waals surface area contributed by atoms with Crippen LogP contribution in [0.4, 0.5) is 0 Å². The van der Waals surface area contributed by atoms with Gasteiger partial charge in [-0.2, -0.15) is 0 Å². The molecule has 0 aromatic heterocycles. The van der Waals surface area contributed by atoms with Crippen LogP contribution in [0.5, 0.6) is 11.5 Å². The number of halogens is 1. The summed E-state index contributed by atoms with van der Waals surface area (Å²) in [6.45, 7) is 7.75. The summed E-state index contributed by atoms with van der Waals surface area (Å²) >= 11 is 6.03. The van der Waals surface area contributed by atoms with Gasteiger partial charge in [-0.15, -0.1) is 0 Å². The molecule has 4 heteroatoms. The molecule has 0 aliphatic carbocycles. The zero-order valence-corrected chi connectivity index (χ0v) is 13.3. The SMILES string of the molecule is CCC1(C)CCN(Cc2cc(Cl)c(O)c(OC)c2)CC1. The number of benzene rings is 1. The molecule has 1 aliphatic heterocycles. The summed E-state index contributed by atoms with van der Waals surface area (Å²) in [5, 5.41) is 10.1. The molecule has 1 N–H and O–H groups in total. The van der Waals surface area contributed by atoms with Crippen molar-refractivity contribution in [3.05, 3.63) is 22.7 Å². The van der Waals surface area contributed by atoms with Gasteiger partial charge in [0.05, 0.1) is 12.1 Å². The number of hydrogen-bond acceptors (Lipinski definition) is 3. The van der Waals surface area contributed by atoms with E-state index in [0.717, 1.165) is 25.2 Å². The summed E-state index contributed by atoms with van der Waals surface area (Å²) in [4.78, 5) is 2.44. The second-order valence-corrected chi connectivity index (χ2v) is 6.48. The average molecular weight is 298 g/mol. The zero-order valence-electron chi connectivity index (χ0n) is 12.6. The van der Waals surface area contributed by atoms with E-state index in [1.165, 1.54) is 19.3 Å². The molecule has 0 spiro atoms. The van der Waals surface area contributed by atoms with Crippen LogP contribution in [0, 0.1) is 5.41 Å². The Kier molecular flexibility index (Phi) is 4.82.